The largest absolute Gasteiger partial charge is 0.389 e. The fourth-order valence-corrected chi connectivity index (χ4v) is 4.46. The molecule has 1 saturated heterocycles. The van der Waals surface area contributed by atoms with Gasteiger partial charge in [0.2, 0.25) is 0 Å². The highest BCUT2D eigenvalue weighted by atomic mass is 35.5. The minimum absolute atomic E-state index is 0. The Bertz CT molecular complexity index is 497. The number of hydrogen-bond acceptors (Lipinski definition) is 3. The van der Waals surface area contributed by atoms with Crippen LogP contribution in [0.3, 0.4) is 0 Å². The Morgan fingerprint density at radius 2 is 1.65 bits per heavy atom. The highest BCUT2D eigenvalue weighted by molar-refractivity contribution is 5.85. The number of rotatable bonds is 6. The van der Waals surface area contributed by atoms with E-state index < -0.39 is 5.60 Å². The smallest absolute Gasteiger partial charge is 0.0728 e. The van der Waals surface area contributed by atoms with E-state index in [2.05, 4.69) is 41.4 Å². The van der Waals surface area contributed by atoms with Crippen LogP contribution in [-0.2, 0) is 6.42 Å². The van der Waals surface area contributed by atoms with Crippen molar-refractivity contribution in [3.05, 3.63) is 35.4 Å². The Labute approximate surface area is 171 Å². The summed E-state index contributed by atoms with van der Waals surface area (Å²) < 4.78 is 0. The number of aryl methyl sites for hydroxylation is 1. The second kappa shape index (κ2) is 11.5. The molecular formula is C21H36Cl2N2O. The normalized spacial score (nSPS) is 21.3. The Morgan fingerprint density at radius 3 is 2.23 bits per heavy atom. The summed E-state index contributed by atoms with van der Waals surface area (Å²) in [6.45, 7) is 7.55. The summed E-state index contributed by atoms with van der Waals surface area (Å²) in [5.74, 6) is 0.242. The van der Waals surface area contributed by atoms with Crippen molar-refractivity contribution in [1.29, 1.82) is 0 Å². The van der Waals surface area contributed by atoms with Gasteiger partial charge in [0.1, 0.15) is 0 Å². The van der Waals surface area contributed by atoms with Gasteiger partial charge in [-0.15, -0.1) is 24.8 Å². The van der Waals surface area contributed by atoms with Gasteiger partial charge in [-0.1, -0.05) is 56.9 Å². The molecule has 3 nitrogen and oxygen atoms in total. The topological polar surface area (TPSA) is 35.5 Å². The molecule has 1 aliphatic heterocycles. The molecule has 2 fully saturated rings. The quantitative estimate of drug-likeness (QED) is 0.749. The molecule has 2 aliphatic rings. The fraction of sp³-hybridized carbons (Fsp3) is 0.714. The van der Waals surface area contributed by atoms with Gasteiger partial charge in [-0.2, -0.15) is 0 Å². The SMILES string of the molecule is CCCc1ccc(C(CN2CCNCC2)C2(O)CCCCC2)cc1.Cl.Cl. The number of hydrogen-bond donors (Lipinski definition) is 2. The van der Waals surface area contributed by atoms with E-state index in [1.165, 1.54) is 36.8 Å². The van der Waals surface area contributed by atoms with Crippen LogP contribution in [0.4, 0.5) is 0 Å². The number of halogens is 2. The van der Waals surface area contributed by atoms with Crippen LogP contribution in [0.2, 0.25) is 0 Å². The van der Waals surface area contributed by atoms with Crippen LogP contribution in [0, 0.1) is 0 Å². The fourth-order valence-electron chi connectivity index (χ4n) is 4.46. The van der Waals surface area contributed by atoms with E-state index in [1.807, 2.05) is 0 Å². The lowest BCUT2D eigenvalue weighted by molar-refractivity contribution is -0.0316. The van der Waals surface area contributed by atoms with E-state index in [9.17, 15) is 5.11 Å². The number of piperazine rings is 1. The minimum atomic E-state index is -0.518. The van der Waals surface area contributed by atoms with Gasteiger partial charge in [0.15, 0.2) is 0 Å². The van der Waals surface area contributed by atoms with Crippen molar-refractivity contribution in [2.45, 2.75) is 63.4 Å². The zero-order valence-corrected chi connectivity index (χ0v) is 17.7. The lowest BCUT2D eigenvalue weighted by Gasteiger charge is -2.42. The van der Waals surface area contributed by atoms with Crippen molar-refractivity contribution in [3.8, 4) is 0 Å². The molecule has 1 heterocycles. The Balaban J connectivity index is 0.00000169. The Hall–Kier alpha value is -0.320. The van der Waals surface area contributed by atoms with Crippen molar-refractivity contribution in [2.24, 2.45) is 0 Å². The van der Waals surface area contributed by atoms with Crippen LogP contribution in [-0.4, -0.2) is 48.3 Å². The number of nitrogens with one attached hydrogen (secondary N) is 1. The third kappa shape index (κ3) is 6.10. The van der Waals surface area contributed by atoms with Crippen molar-refractivity contribution in [1.82, 2.24) is 10.2 Å². The summed E-state index contributed by atoms with van der Waals surface area (Å²) in [6.07, 6.45) is 7.87. The number of aliphatic hydroxyl groups is 1. The zero-order valence-electron chi connectivity index (χ0n) is 16.1. The molecule has 26 heavy (non-hydrogen) atoms. The van der Waals surface area contributed by atoms with Crippen LogP contribution in [0.5, 0.6) is 0 Å². The summed E-state index contributed by atoms with van der Waals surface area (Å²) in [7, 11) is 0. The van der Waals surface area contributed by atoms with Crippen molar-refractivity contribution in [2.75, 3.05) is 32.7 Å². The molecular weight excluding hydrogens is 367 g/mol. The number of nitrogens with zero attached hydrogens (tertiary/aromatic N) is 1. The minimum Gasteiger partial charge on any atom is -0.389 e. The molecule has 2 N–H and O–H groups in total. The van der Waals surface area contributed by atoms with Gasteiger partial charge in [-0.25, -0.2) is 0 Å². The molecule has 1 aromatic carbocycles. The predicted molar refractivity (Wildman–Crippen MR) is 115 cm³/mol. The third-order valence-electron chi connectivity index (χ3n) is 5.94. The Kier molecular flexibility index (Phi) is 10.5. The summed E-state index contributed by atoms with van der Waals surface area (Å²) >= 11 is 0. The molecule has 1 aromatic rings. The first-order valence-electron chi connectivity index (χ1n) is 9.95. The van der Waals surface area contributed by atoms with Crippen LogP contribution in [0.25, 0.3) is 0 Å². The van der Waals surface area contributed by atoms with E-state index in [0.29, 0.717) is 0 Å². The average Bonchev–Trinajstić information content (AvgIpc) is 2.62. The van der Waals surface area contributed by atoms with E-state index in [1.54, 1.807) is 0 Å². The monoisotopic (exact) mass is 402 g/mol. The molecule has 5 heteroatoms. The molecule has 1 unspecified atom stereocenters. The van der Waals surface area contributed by atoms with Gasteiger partial charge in [0, 0.05) is 38.6 Å². The summed E-state index contributed by atoms with van der Waals surface area (Å²) in [4.78, 5) is 2.54. The summed E-state index contributed by atoms with van der Waals surface area (Å²) in [6, 6.07) is 9.11. The third-order valence-corrected chi connectivity index (χ3v) is 5.94. The molecule has 0 bridgehead atoms. The second-order valence-corrected chi connectivity index (χ2v) is 7.76. The number of benzene rings is 1. The van der Waals surface area contributed by atoms with Gasteiger partial charge in [-0.3, -0.25) is 0 Å². The van der Waals surface area contributed by atoms with Gasteiger partial charge >= 0.3 is 0 Å². The maximum Gasteiger partial charge on any atom is 0.0728 e. The standard InChI is InChI=1S/C21H34N2O.2ClH/c1-2-6-18-7-9-19(10-8-18)20(17-23-15-13-22-14-16-23)21(24)11-4-3-5-12-21;;/h7-10,20,22,24H,2-6,11-17H2,1H3;2*1H. The van der Waals surface area contributed by atoms with E-state index in [4.69, 9.17) is 0 Å². The second-order valence-electron chi connectivity index (χ2n) is 7.76. The molecule has 1 atom stereocenters. The summed E-state index contributed by atoms with van der Waals surface area (Å²) in [5.41, 5.74) is 2.23. The molecule has 1 saturated carbocycles. The van der Waals surface area contributed by atoms with Crippen LogP contribution in [0.1, 0.15) is 62.5 Å². The molecule has 0 amide bonds. The van der Waals surface area contributed by atoms with Crippen molar-refractivity contribution >= 4 is 24.8 Å². The lowest BCUT2D eigenvalue weighted by Crippen LogP contribution is -2.49. The zero-order chi connectivity index (χ0) is 16.8. The van der Waals surface area contributed by atoms with Crippen molar-refractivity contribution in [3.63, 3.8) is 0 Å². The van der Waals surface area contributed by atoms with E-state index in [0.717, 1.165) is 52.0 Å². The highest BCUT2D eigenvalue weighted by Crippen LogP contribution is 2.40. The van der Waals surface area contributed by atoms with Gasteiger partial charge in [0.05, 0.1) is 5.60 Å². The Morgan fingerprint density at radius 1 is 1.04 bits per heavy atom. The first-order chi connectivity index (χ1) is 11.7. The maximum absolute atomic E-state index is 11.4. The first-order valence-corrected chi connectivity index (χ1v) is 9.95. The molecule has 3 rings (SSSR count). The molecule has 1 aliphatic carbocycles. The first kappa shape index (κ1) is 23.7. The molecule has 0 aromatic heterocycles. The van der Waals surface area contributed by atoms with Crippen LogP contribution in [0.15, 0.2) is 24.3 Å². The van der Waals surface area contributed by atoms with Crippen molar-refractivity contribution < 1.29 is 5.11 Å². The lowest BCUT2D eigenvalue weighted by atomic mass is 9.72. The van der Waals surface area contributed by atoms with Crippen LogP contribution < -0.4 is 5.32 Å². The molecule has 0 spiro atoms. The highest BCUT2D eigenvalue weighted by Gasteiger charge is 2.39. The molecule has 150 valence electrons. The summed E-state index contributed by atoms with van der Waals surface area (Å²) in [5, 5.41) is 14.9. The van der Waals surface area contributed by atoms with Gasteiger partial charge < -0.3 is 15.3 Å². The van der Waals surface area contributed by atoms with Gasteiger partial charge in [0.25, 0.3) is 0 Å². The van der Waals surface area contributed by atoms with E-state index >= 15 is 0 Å². The maximum atomic E-state index is 11.4. The van der Waals surface area contributed by atoms with Crippen LogP contribution >= 0.6 is 24.8 Å². The average molecular weight is 403 g/mol. The van der Waals surface area contributed by atoms with E-state index in [-0.39, 0.29) is 30.7 Å². The van der Waals surface area contributed by atoms with Gasteiger partial charge in [-0.05, 0) is 30.4 Å². The molecule has 0 radical (unpaired) electrons. The predicted octanol–water partition coefficient (Wildman–Crippen LogP) is 4.17.